The molecule has 2 N–H and O–H groups in total. The third kappa shape index (κ3) is 3.55. The van der Waals surface area contributed by atoms with Gasteiger partial charge in [-0.1, -0.05) is 6.07 Å². The van der Waals surface area contributed by atoms with E-state index in [1.165, 1.54) is 26.2 Å². The summed E-state index contributed by atoms with van der Waals surface area (Å²) in [5.41, 5.74) is 0.964. The zero-order chi connectivity index (χ0) is 18.1. The molecule has 128 valence electrons. The Kier molecular flexibility index (Phi) is 4.91. The molecule has 0 saturated carbocycles. The van der Waals surface area contributed by atoms with E-state index in [1.54, 1.807) is 32.0 Å². The van der Waals surface area contributed by atoms with Crippen LogP contribution >= 0.6 is 0 Å². The number of nitrogens with zero attached hydrogens (tertiary/aromatic N) is 1. The molecule has 24 heavy (non-hydrogen) atoms. The molecule has 8 heteroatoms. The molecule has 0 aliphatic rings. The number of aromatic amines is 1. The zero-order valence-electron chi connectivity index (χ0n) is 13.9. The quantitative estimate of drug-likeness (QED) is 0.873. The third-order valence-electron chi connectivity index (χ3n) is 3.50. The van der Waals surface area contributed by atoms with Gasteiger partial charge in [0.1, 0.15) is 5.56 Å². The molecule has 2 aromatic rings. The van der Waals surface area contributed by atoms with Crippen molar-refractivity contribution in [2.75, 3.05) is 19.4 Å². The van der Waals surface area contributed by atoms with E-state index in [0.29, 0.717) is 16.9 Å². The number of pyridine rings is 1. The maximum atomic E-state index is 12.3. The first kappa shape index (κ1) is 17.9. The number of amides is 1. The van der Waals surface area contributed by atoms with E-state index in [0.717, 1.165) is 4.31 Å². The van der Waals surface area contributed by atoms with Crippen molar-refractivity contribution in [3.8, 4) is 0 Å². The largest absolute Gasteiger partial charge is 0.326 e. The maximum Gasteiger partial charge on any atom is 0.261 e. The van der Waals surface area contributed by atoms with Gasteiger partial charge >= 0.3 is 0 Å². The van der Waals surface area contributed by atoms with Crippen LogP contribution in [0.3, 0.4) is 0 Å². The van der Waals surface area contributed by atoms with E-state index in [1.807, 2.05) is 0 Å². The summed E-state index contributed by atoms with van der Waals surface area (Å²) in [6, 6.07) is 7.61. The number of rotatable bonds is 4. The van der Waals surface area contributed by atoms with Crippen molar-refractivity contribution in [2.24, 2.45) is 0 Å². The van der Waals surface area contributed by atoms with Crippen LogP contribution in [0.15, 0.2) is 40.0 Å². The highest BCUT2D eigenvalue weighted by Crippen LogP contribution is 2.22. The monoisotopic (exact) mass is 349 g/mol. The van der Waals surface area contributed by atoms with Crippen molar-refractivity contribution >= 4 is 21.6 Å². The number of sulfonamides is 1. The highest BCUT2D eigenvalue weighted by Gasteiger charge is 2.20. The molecule has 1 aromatic heterocycles. The first-order chi connectivity index (χ1) is 11.1. The molecule has 0 radical (unpaired) electrons. The van der Waals surface area contributed by atoms with Crippen LogP contribution in [0.1, 0.15) is 21.6 Å². The highest BCUT2D eigenvalue weighted by molar-refractivity contribution is 7.89. The van der Waals surface area contributed by atoms with Crippen LogP contribution < -0.4 is 10.9 Å². The molecule has 0 unspecified atom stereocenters. The third-order valence-corrected chi connectivity index (χ3v) is 5.46. The molecular formula is C16H19N3O4S. The molecule has 1 heterocycles. The molecule has 0 fully saturated rings. The summed E-state index contributed by atoms with van der Waals surface area (Å²) in [7, 11) is -0.757. The smallest absolute Gasteiger partial charge is 0.261 e. The SMILES string of the molecule is Cc1ccc(C(=O)Nc2ccc(C)c(S(=O)(=O)N(C)C)c2)c(=O)[nH]1. The molecule has 0 spiro atoms. The Labute approximate surface area is 140 Å². The molecule has 0 bridgehead atoms. The lowest BCUT2D eigenvalue weighted by molar-refractivity contribution is 0.102. The first-order valence-electron chi connectivity index (χ1n) is 7.17. The van der Waals surface area contributed by atoms with Gasteiger partial charge in [0.2, 0.25) is 10.0 Å². The minimum absolute atomic E-state index is 0.0433. The zero-order valence-corrected chi connectivity index (χ0v) is 14.7. The standard InChI is InChI=1S/C16H19N3O4S/c1-10-5-7-12(9-14(10)24(22,23)19(3)4)18-16(21)13-8-6-11(2)17-15(13)20/h5-9H,1-4H3,(H,17,20)(H,18,21). The highest BCUT2D eigenvalue weighted by atomic mass is 32.2. The summed E-state index contributed by atoms with van der Waals surface area (Å²) in [5, 5.41) is 2.56. The van der Waals surface area contributed by atoms with Gasteiger partial charge in [-0.15, -0.1) is 0 Å². The van der Waals surface area contributed by atoms with Crippen LogP contribution in [0, 0.1) is 13.8 Å². The second kappa shape index (κ2) is 6.58. The molecule has 0 saturated heterocycles. The lowest BCUT2D eigenvalue weighted by Gasteiger charge is -2.15. The predicted molar refractivity (Wildman–Crippen MR) is 91.8 cm³/mol. The van der Waals surface area contributed by atoms with Crippen molar-refractivity contribution in [1.82, 2.24) is 9.29 Å². The van der Waals surface area contributed by atoms with Crippen molar-refractivity contribution in [2.45, 2.75) is 18.7 Å². The Hall–Kier alpha value is -2.45. The number of carbonyl (C=O) groups excluding carboxylic acids is 1. The lowest BCUT2D eigenvalue weighted by Crippen LogP contribution is -2.24. The minimum Gasteiger partial charge on any atom is -0.326 e. The number of aryl methyl sites for hydroxylation is 2. The van der Waals surface area contributed by atoms with Crippen LogP contribution in [-0.4, -0.2) is 37.7 Å². The Morgan fingerprint density at radius 2 is 1.79 bits per heavy atom. The van der Waals surface area contributed by atoms with Crippen molar-refractivity contribution in [3.63, 3.8) is 0 Å². The number of aromatic nitrogens is 1. The molecule has 0 atom stereocenters. The van der Waals surface area contributed by atoms with Crippen molar-refractivity contribution in [1.29, 1.82) is 0 Å². The average Bonchev–Trinajstić information content (AvgIpc) is 2.48. The van der Waals surface area contributed by atoms with Gasteiger partial charge in [0.25, 0.3) is 11.5 Å². The minimum atomic E-state index is -3.63. The number of hydrogen-bond donors (Lipinski definition) is 2. The number of nitrogens with one attached hydrogen (secondary N) is 2. The van der Waals surface area contributed by atoms with E-state index in [9.17, 15) is 18.0 Å². The van der Waals surface area contributed by atoms with Crippen LogP contribution in [0.5, 0.6) is 0 Å². The molecule has 0 aliphatic heterocycles. The maximum absolute atomic E-state index is 12.3. The van der Waals surface area contributed by atoms with Gasteiger partial charge in [-0.2, -0.15) is 0 Å². The summed E-state index contributed by atoms with van der Waals surface area (Å²) in [6.07, 6.45) is 0. The van der Waals surface area contributed by atoms with Crippen molar-refractivity contribution < 1.29 is 13.2 Å². The summed E-state index contributed by atoms with van der Waals surface area (Å²) in [5.74, 6) is -0.603. The van der Waals surface area contributed by atoms with Gasteiger partial charge in [-0.3, -0.25) is 9.59 Å². The Morgan fingerprint density at radius 1 is 1.12 bits per heavy atom. The van der Waals surface area contributed by atoms with Gasteiger partial charge in [0.15, 0.2) is 0 Å². The Bertz CT molecular complexity index is 946. The Balaban J connectivity index is 2.38. The first-order valence-corrected chi connectivity index (χ1v) is 8.61. The van der Waals surface area contributed by atoms with E-state index < -0.39 is 21.5 Å². The number of H-pyrrole nitrogens is 1. The normalized spacial score (nSPS) is 11.5. The number of anilines is 1. The van der Waals surface area contributed by atoms with E-state index in [4.69, 9.17) is 0 Å². The van der Waals surface area contributed by atoms with Crippen molar-refractivity contribution in [3.05, 3.63) is 57.5 Å². The lowest BCUT2D eigenvalue weighted by atomic mass is 10.2. The second-order valence-corrected chi connectivity index (χ2v) is 7.73. The van der Waals surface area contributed by atoms with E-state index in [-0.39, 0.29) is 10.5 Å². The van der Waals surface area contributed by atoms with Gasteiger partial charge < -0.3 is 10.3 Å². The van der Waals surface area contributed by atoms with E-state index in [2.05, 4.69) is 10.3 Å². The molecule has 0 aliphatic carbocycles. The summed E-state index contributed by atoms with van der Waals surface area (Å²) in [6.45, 7) is 3.38. The van der Waals surface area contributed by atoms with Crippen LogP contribution in [-0.2, 0) is 10.0 Å². The molecule has 7 nitrogen and oxygen atoms in total. The van der Waals surface area contributed by atoms with Crippen LogP contribution in [0.4, 0.5) is 5.69 Å². The summed E-state index contributed by atoms with van der Waals surface area (Å²) >= 11 is 0. The summed E-state index contributed by atoms with van der Waals surface area (Å²) in [4.78, 5) is 26.7. The van der Waals surface area contributed by atoms with Gasteiger partial charge in [-0.25, -0.2) is 12.7 Å². The van der Waals surface area contributed by atoms with Crippen LogP contribution in [0.25, 0.3) is 0 Å². The number of hydrogen-bond acceptors (Lipinski definition) is 4. The Morgan fingerprint density at radius 3 is 2.38 bits per heavy atom. The predicted octanol–water partition coefficient (Wildman–Crippen LogP) is 1.49. The second-order valence-electron chi connectivity index (χ2n) is 5.61. The van der Waals surface area contributed by atoms with Crippen LogP contribution in [0.2, 0.25) is 0 Å². The van der Waals surface area contributed by atoms with E-state index >= 15 is 0 Å². The molecule has 2 rings (SSSR count). The fraction of sp³-hybridized carbons (Fsp3) is 0.250. The molecular weight excluding hydrogens is 330 g/mol. The average molecular weight is 349 g/mol. The summed E-state index contributed by atoms with van der Waals surface area (Å²) < 4.78 is 25.7. The molecule has 1 amide bonds. The van der Waals surface area contributed by atoms with Gasteiger partial charge in [0, 0.05) is 25.5 Å². The number of benzene rings is 1. The topological polar surface area (TPSA) is 99.3 Å². The van der Waals surface area contributed by atoms with Gasteiger partial charge in [-0.05, 0) is 43.7 Å². The molecule has 1 aromatic carbocycles. The fourth-order valence-electron chi connectivity index (χ4n) is 2.10. The fourth-order valence-corrected chi connectivity index (χ4v) is 3.25. The van der Waals surface area contributed by atoms with Gasteiger partial charge in [0.05, 0.1) is 4.90 Å². The number of carbonyl (C=O) groups is 1.